The average molecular weight is 340 g/mol. The maximum absolute atomic E-state index is 5.65. The summed E-state index contributed by atoms with van der Waals surface area (Å²) >= 11 is 5.27. The average Bonchev–Trinajstić information content (AvgIpc) is 2.71. The highest BCUT2D eigenvalue weighted by Gasteiger charge is 2.00. The van der Waals surface area contributed by atoms with E-state index in [2.05, 4.69) is 41.2 Å². The Hall–Kier alpha value is -0.840. The fourth-order valence-corrected chi connectivity index (χ4v) is 3.01. The molecule has 1 aromatic heterocycles. The van der Waals surface area contributed by atoms with Gasteiger partial charge in [-0.3, -0.25) is 0 Å². The maximum atomic E-state index is 5.65. The summed E-state index contributed by atoms with van der Waals surface area (Å²) < 4.78 is 6.72. The summed E-state index contributed by atoms with van der Waals surface area (Å²) in [7, 11) is 0. The number of rotatable bonds is 6. The van der Waals surface area contributed by atoms with Crippen LogP contribution in [0, 0.1) is 13.8 Å². The molecule has 0 saturated heterocycles. The predicted molar refractivity (Wildman–Crippen MR) is 85.1 cm³/mol. The van der Waals surface area contributed by atoms with Crippen LogP contribution in [0.25, 0.3) is 0 Å². The van der Waals surface area contributed by atoms with Gasteiger partial charge >= 0.3 is 0 Å². The van der Waals surface area contributed by atoms with Crippen LogP contribution in [0.15, 0.2) is 34.8 Å². The first-order chi connectivity index (χ1) is 9.15. The summed E-state index contributed by atoms with van der Waals surface area (Å²) in [6.07, 6.45) is 0. The van der Waals surface area contributed by atoms with Crippen LogP contribution in [-0.2, 0) is 6.54 Å². The van der Waals surface area contributed by atoms with E-state index in [1.165, 1.54) is 15.3 Å². The third-order valence-corrected chi connectivity index (χ3v) is 4.56. The Morgan fingerprint density at radius 2 is 1.95 bits per heavy atom. The molecule has 0 fully saturated rings. The molecule has 102 valence electrons. The second-order valence-electron chi connectivity index (χ2n) is 4.43. The molecular formula is C15H18BrNOS. The molecule has 1 heterocycles. The van der Waals surface area contributed by atoms with Crippen molar-refractivity contribution in [2.24, 2.45) is 0 Å². The molecule has 0 unspecified atom stereocenters. The summed E-state index contributed by atoms with van der Waals surface area (Å²) in [6, 6.07) is 10.2. The highest BCUT2D eigenvalue weighted by atomic mass is 79.9. The van der Waals surface area contributed by atoms with Gasteiger partial charge in [0.05, 0.1) is 0 Å². The van der Waals surface area contributed by atoms with Crippen LogP contribution in [0.1, 0.15) is 15.3 Å². The number of aryl methyl sites for hydroxylation is 2. The molecule has 0 aliphatic rings. The number of halogens is 1. The summed E-state index contributed by atoms with van der Waals surface area (Å²) in [6.45, 7) is 6.78. The molecule has 2 aromatic rings. The van der Waals surface area contributed by atoms with Gasteiger partial charge in [0.15, 0.2) is 0 Å². The van der Waals surface area contributed by atoms with Crippen LogP contribution in [0.3, 0.4) is 0 Å². The topological polar surface area (TPSA) is 21.3 Å². The molecule has 0 aliphatic carbocycles. The minimum Gasteiger partial charge on any atom is -0.492 e. The first kappa shape index (κ1) is 14.6. The largest absolute Gasteiger partial charge is 0.492 e. The monoisotopic (exact) mass is 339 g/mol. The number of benzene rings is 1. The van der Waals surface area contributed by atoms with Gasteiger partial charge in [-0.2, -0.15) is 0 Å². The van der Waals surface area contributed by atoms with Gasteiger partial charge in [-0.25, -0.2) is 0 Å². The lowest BCUT2D eigenvalue weighted by molar-refractivity contribution is 0.314. The van der Waals surface area contributed by atoms with Crippen molar-refractivity contribution >= 4 is 27.3 Å². The van der Waals surface area contributed by atoms with E-state index in [-0.39, 0.29) is 0 Å². The lowest BCUT2D eigenvalue weighted by Crippen LogP contribution is -2.20. The molecule has 4 heteroatoms. The second kappa shape index (κ2) is 7.08. The lowest BCUT2D eigenvalue weighted by atomic mass is 10.3. The Balaban J connectivity index is 1.66. The fourth-order valence-electron chi connectivity index (χ4n) is 1.72. The zero-order valence-electron chi connectivity index (χ0n) is 11.2. The van der Waals surface area contributed by atoms with E-state index in [0.717, 1.165) is 23.3 Å². The van der Waals surface area contributed by atoms with Gasteiger partial charge in [-0.15, -0.1) is 11.3 Å². The molecule has 0 atom stereocenters. The van der Waals surface area contributed by atoms with Gasteiger partial charge < -0.3 is 10.1 Å². The number of hydrogen-bond acceptors (Lipinski definition) is 3. The van der Waals surface area contributed by atoms with Gasteiger partial charge in [0.2, 0.25) is 0 Å². The summed E-state index contributed by atoms with van der Waals surface area (Å²) in [4.78, 5) is 2.79. The molecule has 0 saturated carbocycles. The van der Waals surface area contributed by atoms with Crippen LogP contribution in [0.2, 0.25) is 0 Å². The van der Waals surface area contributed by atoms with Crippen molar-refractivity contribution in [2.45, 2.75) is 20.4 Å². The summed E-state index contributed by atoms with van der Waals surface area (Å²) in [5, 5.41) is 3.40. The molecule has 2 rings (SSSR count). The standard InChI is InChI=1S/C15H18BrNOS/c1-11-9-15(19-12(11)2)10-17-7-8-18-14-5-3-13(16)4-6-14/h3-6,9,17H,7-8,10H2,1-2H3. The molecule has 19 heavy (non-hydrogen) atoms. The zero-order chi connectivity index (χ0) is 13.7. The van der Waals surface area contributed by atoms with Gasteiger partial charge in [0.1, 0.15) is 12.4 Å². The highest BCUT2D eigenvalue weighted by Crippen LogP contribution is 2.20. The lowest BCUT2D eigenvalue weighted by Gasteiger charge is -2.06. The van der Waals surface area contributed by atoms with E-state index in [1.807, 2.05) is 35.6 Å². The van der Waals surface area contributed by atoms with Gasteiger partial charge in [0.25, 0.3) is 0 Å². The molecule has 0 spiro atoms. The quantitative estimate of drug-likeness (QED) is 0.792. The normalized spacial score (nSPS) is 10.7. The minimum absolute atomic E-state index is 0.685. The number of nitrogens with one attached hydrogen (secondary N) is 1. The van der Waals surface area contributed by atoms with Crippen molar-refractivity contribution in [1.29, 1.82) is 0 Å². The van der Waals surface area contributed by atoms with Crippen molar-refractivity contribution in [2.75, 3.05) is 13.2 Å². The molecule has 0 radical (unpaired) electrons. The Morgan fingerprint density at radius 3 is 2.58 bits per heavy atom. The van der Waals surface area contributed by atoms with E-state index in [1.54, 1.807) is 0 Å². The molecular weight excluding hydrogens is 322 g/mol. The molecule has 1 N–H and O–H groups in total. The predicted octanol–water partition coefficient (Wildman–Crippen LogP) is 4.30. The summed E-state index contributed by atoms with van der Waals surface area (Å²) in [5.74, 6) is 0.910. The Kier molecular flexibility index (Phi) is 5.43. The van der Waals surface area contributed by atoms with Crippen molar-refractivity contribution in [3.05, 3.63) is 50.1 Å². The van der Waals surface area contributed by atoms with E-state index in [0.29, 0.717) is 6.61 Å². The molecule has 0 aliphatic heterocycles. The number of hydrogen-bond donors (Lipinski definition) is 1. The van der Waals surface area contributed by atoms with Crippen LogP contribution >= 0.6 is 27.3 Å². The highest BCUT2D eigenvalue weighted by molar-refractivity contribution is 9.10. The Labute approximate surface area is 126 Å². The van der Waals surface area contributed by atoms with E-state index in [4.69, 9.17) is 4.74 Å². The van der Waals surface area contributed by atoms with Crippen molar-refractivity contribution in [3.63, 3.8) is 0 Å². The second-order valence-corrected chi connectivity index (χ2v) is 6.69. The van der Waals surface area contributed by atoms with Crippen molar-refractivity contribution in [1.82, 2.24) is 5.32 Å². The van der Waals surface area contributed by atoms with Crippen molar-refractivity contribution in [3.8, 4) is 5.75 Å². The van der Waals surface area contributed by atoms with E-state index in [9.17, 15) is 0 Å². The van der Waals surface area contributed by atoms with E-state index < -0.39 is 0 Å². The zero-order valence-corrected chi connectivity index (χ0v) is 13.6. The maximum Gasteiger partial charge on any atom is 0.119 e. The van der Waals surface area contributed by atoms with E-state index >= 15 is 0 Å². The van der Waals surface area contributed by atoms with Crippen LogP contribution in [0.4, 0.5) is 0 Å². The van der Waals surface area contributed by atoms with Crippen LogP contribution in [0.5, 0.6) is 5.75 Å². The molecule has 0 amide bonds. The SMILES string of the molecule is Cc1cc(CNCCOc2ccc(Br)cc2)sc1C. The fraction of sp³-hybridized carbons (Fsp3) is 0.333. The first-order valence-electron chi connectivity index (χ1n) is 6.30. The molecule has 2 nitrogen and oxygen atoms in total. The summed E-state index contributed by atoms with van der Waals surface area (Å²) in [5.41, 5.74) is 1.38. The van der Waals surface area contributed by atoms with Crippen molar-refractivity contribution < 1.29 is 4.74 Å². The first-order valence-corrected chi connectivity index (χ1v) is 7.91. The number of ether oxygens (including phenoxy) is 1. The Bertz CT molecular complexity index is 502. The Morgan fingerprint density at radius 1 is 1.21 bits per heavy atom. The molecule has 0 bridgehead atoms. The van der Waals surface area contributed by atoms with Crippen LogP contribution < -0.4 is 10.1 Å². The smallest absolute Gasteiger partial charge is 0.119 e. The third-order valence-electron chi connectivity index (χ3n) is 2.88. The third kappa shape index (κ3) is 4.64. The van der Waals surface area contributed by atoms with Gasteiger partial charge in [-0.1, -0.05) is 15.9 Å². The van der Waals surface area contributed by atoms with Gasteiger partial charge in [-0.05, 0) is 49.7 Å². The minimum atomic E-state index is 0.685. The van der Waals surface area contributed by atoms with Gasteiger partial charge in [0, 0.05) is 27.3 Å². The number of thiophene rings is 1. The molecule has 1 aromatic carbocycles. The van der Waals surface area contributed by atoms with Crippen LogP contribution in [-0.4, -0.2) is 13.2 Å².